The molecule has 2 aromatic rings. The van der Waals surface area contributed by atoms with Crippen molar-refractivity contribution in [2.24, 2.45) is 5.41 Å². The van der Waals surface area contributed by atoms with E-state index in [1.54, 1.807) is 35.9 Å². The van der Waals surface area contributed by atoms with Crippen LogP contribution in [0, 0.1) is 12.3 Å². The van der Waals surface area contributed by atoms with Crippen molar-refractivity contribution in [1.82, 2.24) is 0 Å². The summed E-state index contributed by atoms with van der Waals surface area (Å²) in [6, 6.07) is 16.0. The number of fused-ring (bicyclic) bond motifs is 1. The van der Waals surface area contributed by atoms with Crippen molar-refractivity contribution in [3.05, 3.63) is 64.7 Å². The van der Waals surface area contributed by atoms with E-state index in [0.717, 1.165) is 0 Å². The van der Waals surface area contributed by atoms with Crippen LogP contribution in [0.1, 0.15) is 72.2 Å². The second-order valence-corrected chi connectivity index (χ2v) is 9.84. The zero-order valence-corrected chi connectivity index (χ0v) is 18.6. The van der Waals surface area contributed by atoms with Gasteiger partial charge in [0.05, 0.1) is 0 Å². The zero-order chi connectivity index (χ0) is 18.1. The molecule has 1 atom stereocenters. The number of hydrogen-bond donors (Lipinski definition) is 0. The van der Waals surface area contributed by atoms with Crippen LogP contribution in [0.5, 0.6) is 0 Å². The maximum absolute atomic E-state index is 2.57. The second-order valence-electron chi connectivity index (χ2n) is 8.42. The van der Waals surface area contributed by atoms with Crippen LogP contribution in [-0.2, 0) is 24.7 Å². The third-order valence-electron chi connectivity index (χ3n) is 6.76. The summed E-state index contributed by atoms with van der Waals surface area (Å²) in [5, 5.41) is 0. The summed E-state index contributed by atoms with van der Waals surface area (Å²) in [6.07, 6.45) is 12.4. The van der Waals surface area contributed by atoms with Crippen molar-refractivity contribution >= 4 is 6.08 Å². The van der Waals surface area contributed by atoms with Gasteiger partial charge in [0.15, 0.2) is 0 Å². The van der Waals surface area contributed by atoms with Gasteiger partial charge >= 0.3 is 174 Å². The Hall–Kier alpha value is -0.937. The van der Waals surface area contributed by atoms with E-state index < -0.39 is 0 Å². The molecule has 1 fully saturated rings. The van der Waals surface area contributed by atoms with E-state index in [1.165, 1.54) is 67.2 Å². The summed E-state index contributed by atoms with van der Waals surface area (Å²) in [4.78, 5) is 0. The predicted molar refractivity (Wildman–Crippen MR) is 108 cm³/mol. The molecule has 26 heavy (non-hydrogen) atoms. The standard InChI is InChI=1S/C25H29.Zr/c1-3-25(14-5-4-6-15-25)18-20-16-22-8-7-9-23(24(22)17-20)21-12-10-19(2)11-13-21;/h7-13,16-17H,3-6,14-15,18H2,1-2H3;. The van der Waals surface area contributed by atoms with Crippen molar-refractivity contribution in [2.45, 2.75) is 62.4 Å². The summed E-state index contributed by atoms with van der Waals surface area (Å²) in [5.74, 6) is 0. The fourth-order valence-electron chi connectivity index (χ4n) is 4.99. The van der Waals surface area contributed by atoms with Gasteiger partial charge in [-0.25, -0.2) is 0 Å². The van der Waals surface area contributed by atoms with E-state index in [9.17, 15) is 0 Å². The van der Waals surface area contributed by atoms with Gasteiger partial charge in [-0.1, -0.05) is 0 Å². The average molecular weight is 421 g/mol. The van der Waals surface area contributed by atoms with Crippen molar-refractivity contribution < 1.29 is 24.7 Å². The fraction of sp³-hybridized carbons (Fsp3) is 0.440. The molecule has 1 unspecified atom stereocenters. The first-order valence-electron chi connectivity index (χ1n) is 10.2. The second kappa shape index (κ2) is 7.59. The Kier molecular flexibility index (Phi) is 5.38. The monoisotopic (exact) mass is 419 g/mol. The van der Waals surface area contributed by atoms with Crippen molar-refractivity contribution in [3.8, 4) is 11.1 Å². The van der Waals surface area contributed by atoms with Crippen LogP contribution in [0.2, 0.25) is 0 Å². The fourth-order valence-corrected chi connectivity index (χ4v) is 6.07. The summed E-state index contributed by atoms with van der Waals surface area (Å²) in [5.41, 5.74) is 9.45. The van der Waals surface area contributed by atoms with Crippen LogP contribution in [0.4, 0.5) is 0 Å². The number of allylic oxidation sites excluding steroid dienone is 1. The molecule has 0 saturated heterocycles. The van der Waals surface area contributed by atoms with Crippen LogP contribution in [0.15, 0.2) is 48.0 Å². The third-order valence-corrected chi connectivity index (χ3v) is 8.43. The number of hydrogen-bond acceptors (Lipinski definition) is 0. The quantitative estimate of drug-likeness (QED) is 0.483. The third kappa shape index (κ3) is 3.45. The Bertz CT molecular complexity index is 807. The van der Waals surface area contributed by atoms with Crippen LogP contribution in [0.3, 0.4) is 0 Å². The minimum atomic E-state index is 0.574. The van der Waals surface area contributed by atoms with Gasteiger partial charge in [-0.05, 0) is 0 Å². The van der Waals surface area contributed by atoms with Crippen LogP contribution in [-0.4, -0.2) is 0 Å². The van der Waals surface area contributed by atoms with Gasteiger partial charge in [-0.2, -0.15) is 0 Å². The van der Waals surface area contributed by atoms with Crippen molar-refractivity contribution in [2.75, 3.05) is 0 Å². The number of aryl methyl sites for hydroxylation is 1. The molecule has 1 heteroatoms. The van der Waals surface area contributed by atoms with Gasteiger partial charge in [0, 0.05) is 0 Å². The van der Waals surface area contributed by atoms with Crippen LogP contribution >= 0.6 is 0 Å². The van der Waals surface area contributed by atoms with Gasteiger partial charge in [-0.3, -0.25) is 0 Å². The molecule has 0 N–H and O–H groups in total. The van der Waals surface area contributed by atoms with Gasteiger partial charge in [0.25, 0.3) is 0 Å². The Morgan fingerprint density at radius 2 is 1.73 bits per heavy atom. The number of rotatable bonds is 4. The van der Waals surface area contributed by atoms with E-state index in [0.29, 0.717) is 9.04 Å². The molecule has 2 aromatic carbocycles. The van der Waals surface area contributed by atoms with Crippen molar-refractivity contribution in [3.63, 3.8) is 0 Å². The molecular weight excluding hydrogens is 391 g/mol. The van der Waals surface area contributed by atoms with Crippen molar-refractivity contribution in [1.29, 1.82) is 0 Å². The molecule has 0 spiro atoms. The summed E-state index contributed by atoms with van der Waals surface area (Å²) in [6.45, 7) is 4.58. The van der Waals surface area contributed by atoms with Gasteiger partial charge in [0.2, 0.25) is 0 Å². The Morgan fingerprint density at radius 1 is 1.00 bits per heavy atom. The Labute approximate surface area is 174 Å². The molecule has 0 nitrogen and oxygen atoms in total. The van der Waals surface area contributed by atoms with E-state index in [1.807, 2.05) is 0 Å². The van der Waals surface area contributed by atoms with Gasteiger partial charge < -0.3 is 0 Å². The molecule has 0 aliphatic heterocycles. The van der Waals surface area contributed by atoms with Gasteiger partial charge in [-0.15, -0.1) is 0 Å². The predicted octanol–water partition coefficient (Wildman–Crippen LogP) is 7.40. The van der Waals surface area contributed by atoms with E-state index >= 15 is 0 Å². The van der Waals surface area contributed by atoms with Crippen LogP contribution in [0.25, 0.3) is 17.2 Å². The normalized spacial score (nSPS) is 21.3. The molecular formula is C25H29Zr. The topological polar surface area (TPSA) is 0 Å². The Morgan fingerprint density at radius 3 is 2.42 bits per heavy atom. The van der Waals surface area contributed by atoms with E-state index in [2.05, 4.69) is 62.4 Å². The first-order valence-corrected chi connectivity index (χ1v) is 11.7. The van der Waals surface area contributed by atoms with E-state index in [4.69, 9.17) is 0 Å². The molecule has 4 rings (SSSR count). The molecule has 2 aliphatic carbocycles. The SMILES string of the molecule is CCC1(CC2=Cc3c(-c4ccc(C)cc4)cccc3[CH]2[Zr])CCCCC1. The first kappa shape index (κ1) is 18.4. The Balaban J connectivity index is 1.69. The molecule has 0 heterocycles. The van der Waals surface area contributed by atoms with E-state index in [-0.39, 0.29) is 0 Å². The minimum absolute atomic E-state index is 0.574. The summed E-state index contributed by atoms with van der Waals surface area (Å²) in [7, 11) is 0. The van der Waals surface area contributed by atoms with Crippen LogP contribution < -0.4 is 0 Å². The summed E-state index contributed by atoms with van der Waals surface area (Å²) >= 11 is 1.64. The molecule has 0 aromatic heterocycles. The number of benzene rings is 2. The molecule has 0 bridgehead atoms. The van der Waals surface area contributed by atoms with Gasteiger partial charge in [0.1, 0.15) is 0 Å². The molecule has 0 amide bonds. The first-order chi connectivity index (χ1) is 12.6. The molecule has 133 valence electrons. The summed E-state index contributed by atoms with van der Waals surface area (Å²) < 4.78 is 0.660. The average Bonchev–Trinajstić information content (AvgIpc) is 2.99. The molecule has 2 aliphatic rings. The molecule has 1 saturated carbocycles. The zero-order valence-electron chi connectivity index (χ0n) is 16.1. The molecule has 0 radical (unpaired) electrons. The maximum atomic E-state index is 2.57.